The first-order valence-electron chi connectivity index (χ1n) is 9.27. The van der Waals surface area contributed by atoms with Gasteiger partial charge in [-0.05, 0) is 18.2 Å². The standard InChI is InChI=1S/C21H17F3N4O3/c1-31-17-9-5-2-6-12(17)13-11-25-28-16(10-18(29)27-19(13)28)20(30)26-15-8-4-3-7-14(15)21(22,23)24/h2-9,11,16H,10H2,1H3,(H,26,30)(H,27,29). The van der Waals surface area contributed by atoms with Gasteiger partial charge in [-0.1, -0.05) is 30.3 Å². The maximum absolute atomic E-state index is 13.3. The second-order valence-corrected chi connectivity index (χ2v) is 6.85. The van der Waals surface area contributed by atoms with Gasteiger partial charge in [0.2, 0.25) is 11.8 Å². The molecule has 7 nitrogen and oxygen atoms in total. The molecule has 31 heavy (non-hydrogen) atoms. The average Bonchev–Trinajstić information content (AvgIpc) is 3.16. The topological polar surface area (TPSA) is 85.2 Å². The quantitative estimate of drug-likeness (QED) is 0.653. The zero-order valence-corrected chi connectivity index (χ0v) is 16.2. The number of anilines is 2. The van der Waals surface area contributed by atoms with Crippen molar-refractivity contribution in [1.82, 2.24) is 9.78 Å². The van der Waals surface area contributed by atoms with E-state index in [0.29, 0.717) is 16.9 Å². The van der Waals surface area contributed by atoms with Gasteiger partial charge in [-0.25, -0.2) is 4.68 Å². The van der Waals surface area contributed by atoms with Crippen LogP contribution in [0.25, 0.3) is 11.1 Å². The van der Waals surface area contributed by atoms with Gasteiger partial charge in [0.25, 0.3) is 0 Å². The first-order chi connectivity index (χ1) is 14.8. The number of para-hydroxylation sites is 2. The van der Waals surface area contributed by atoms with E-state index in [1.807, 2.05) is 0 Å². The van der Waals surface area contributed by atoms with Crippen molar-refractivity contribution in [2.75, 3.05) is 17.7 Å². The summed E-state index contributed by atoms with van der Waals surface area (Å²) < 4.78 is 46.4. The summed E-state index contributed by atoms with van der Waals surface area (Å²) in [5, 5.41) is 9.21. The van der Waals surface area contributed by atoms with Crippen LogP contribution in [0, 0.1) is 0 Å². The van der Waals surface area contributed by atoms with Gasteiger partial charge in [0, 0.05) is 11.1 Å². The normalized spacial score (nSPS) is 15.7. The molecule has 4 rings (SSSR count). The Labute approximate surface area is 174 Å². The number of hydrogen-bond donors (Lipinski definition) is 2. The van der Waals surface area contributed by atoms with E-state index in [9.17, 15) is 22.8 Å². The van der Waals surface area contributed by atoms with Crippen LogP contribution in [0.1, 0.15) is 18.0 Å². The Bertz CT molecular complexity index is 1160. The number of benzene rings is 2. The van der Waals surface area contributed by atoms with Crippen molar-refractivity contribution in [3.05, 3.63) is 60.3 Å². The molecule has 2 amide bonds. The molecule has 1 atom stereocenters. The van der Waals surface area contributed by atoms with Gasteiger partial charge in [-0.2, -0.15) is 18.3 Å². The number of rotatable bonds is 4. The van der Waals surface area contributed by atoms with E-state index in [4.69, 9.17) is 4.74 Å². The van der Waals surface area contributed by atoms with Crippen LogP contribution in [0.2, 0.25) is 0 Å². The zero-order valence-electron chi connectivity index (χ0n) is 16.2. The van der Waals surface area contributed by atoms with Crippen LogP contribution in [0.15, 0.2) is 54.7 Å². The van der Waals surface area contributed by atoms with Crippen molar-refractivity contribution in [1.29, 1.82) is 0 Å². The highest BCUT2D eigenvalue weighted by molar-refractivity contribution is 6.03. The van der Waals surface area contributed by atoms with Crippen molar-refractivity contribution in [3.8, 4) is 16.9 Å². The molecule has 3 aromatic rings. The van der Waals surface area contributed by atoms with E-state index in [2.05, 4.69) is 15.7 Å². The predicted molar refractivity (Wildman–Crippen MR) is 107 cm³/mol. The van der Waals surface area contributed by atoms with Gasteiger partial charge in [0.15, 0.2) is 0 Å². The summed E-state index contributed by atoms with van der Waals surface area (Å²) in [5.74, 6) is -0.417. The summed E-state index contributed by atoms with van der Waals surface area (Å²) in [7, 11) is 1.50. The lowest BCUT2D eigenvalue weighted by molar-refractivity contribution is -0.137. The number of nitrogens with zero attached hydrogens (tertiary/aromatic N) is 2. The number of nitrogens with one attached hydrogen (secondary N) is 2. The predicted octanol–water partition coefficient (Wildman–Crippen LogP) is 4.10. The third kappa shape index (κ3) is 3.83. The largest absolute Gasteiger partial charge is 0.496 e. The molecule has 2 heterocycles. The minimum Gasteiger partial charge on any atom is -0.496 e. The third-order valence-electron chi connectivity index (χ3n) is 4.92. The summed E-state index contributed by atoms with van der Waals surface area (Å²) in [6.07, 6.45) is -3.43. The minimum absolute atomic E-state index is 0.264. The Kier molecular flexibility index (Phi) is 5.14. The summed E-state index contributed by atoms with van der Waals surface area (Å²) in [6.45, 7) is 0. The molecule has 10 heteroatoms. The maximum Gasteiger partial charge on any atom is 0.418 e. The van der Waals surface area contributed by atoms with E-state index in [1.165, 1.54) is 30.1 Å². The van der Waals surface area contributed by atoms with E-state index in [-0.39, 0.29) is 17.9 Å². The van der Waals surface area contributed by atoms with Crippen molar-refractivity contribution in [2.24, 2.45) is 0 Å². The number of carbonyl (C=O) groups excluding carboxylic acids is 2. The van der Waals surface area contributed by atoms with Crippen molar-refractivity contribution in [2.45, 2.75) is 18.6 Å². The summed E-state index contributed by atoms with van der Waals surface area (Å²) in [4.78, 5) is 25.2. The molecule has 1 aromatic heterocycles. The van der Waals surface area contributed by atoms with Crippen LogP contribution < -0.4 is 15.4 Å². The molecule has 160 valence electrons. The Hall–Kier alpha value is -3.82. The number of halogens is 3. The molecule has 1 aliphatic rings. The van der Waals surface area contributed by atoms with E-state index in [1.54, 1.807) is 24.3 Å². The van der Waals surface area contributed by atoms with E-state index < -0.39 is 29.6 Å². The Morgan fingerprint density at radius 2 is 1.87 bits per heavy atom. The SMILES string of the molecule is COc1ccccc1-c1cnn2c1NC(=O)CC2C(=O)Nc1ccccc1C(F)(F)F. The van der Waals surface area contributed by atoms with Crippen LogP contribution in [0.3, 0.4) is 0 Å². The van der Waals surface area contributed by atoms with Crippen molar-refractivity contribution >= 4 is 23.3 Å². The first-order valence-corrected chi connectivity index (χ1v) is 9.27. The summed E-state index contributed by atoms with van der Waals surface area (Å²) in [6, 6.07) is 10.6. The van der Waals surface area contributed by atoms with E-state index in [0.717, 1.165) is 12.1 Å². The highest BCUT2D eigenvalue weighted by Gasteiger charge is 2.37. The molecular formula is C21H17F3N4O3. The van der Waals surface area contributed by atoms with Crippen LogP contribution in [0.5, 0.6) is 5.75 Å². The molecule has 2 aromatic carbocycles. The highest BCUT2D eigenvalue weighted by atomic mass is 19.4. The lowest BCUT2D eigenvalue weighted by Crippen LogP contribution is -2.36. The fourth-order valence-corrected chi connectivity index (χ4v) is 3.49. The average molecular weight is 430 g/mol. The molecule has 1 aliphatic heterocycles. The minimum atomic E-state index is -4.64. The molecule has 1 unspecified atom stereocenters. The molecule has 0 aliphatic carbocycles. The summed E-state index contributed by atoms with van der Waals surface area (Å²) >= 11 is 0. The number of fused-ring (bicyclic) bond motifs is 1. The Balaban J connectivity index is 1.70. The second-order valence-electron chi connectivity index (χ2n) is 6.85. The number of carbonyl (C=O) groups is 2. The monoisotopic (exact) mass is 430 g/mol. The van der Waals surface area contributed by atoms with Crippen LogP contribution in [0.4, 0.5) is 24.7 Å². The number of methoxy groups -OCH3 is 1. The van der Waals surface area contributed by atoms with Crippen molar-refractivity contribution in [3.63, 3.8) is 0 Å². The fourth-order valence-electron chi connectivity index (χ4n) is 3.49. The number of ether oxygens (including phenoxy) is 1. The van der Waals surface area contributed by atoms with E-state index >= 15 is 0 Å². The lowest BCUT2D eigenvalue weighted by Gasteiger charge is -2.25. The number of alkyl halides is 3. The summed E-state index contributed by atoms with van der Waals surface area (Å²) in [5.41, 5.74) is -0.183. The van der Waals surface area contributed by atoms with Gasteiger partial charge in [-0.3, -0.25) is 9.59 Å². The number of aromatic nitrogens is 2. The molecule has 0 saturated heterocycles. The second kappa shape index (κ2) is 7.78. The lowest BCUT2D eigenvalue weighted by atomic mass is 10.1. The molecule has 0 bridgehead atoms. The fraction of sp³-hybridized carbons (Fsp3) is 0.190. The van der Waals surface area contributed by atoms with Crippen molar-refractivity contribution < 1.29 is 27.5 Å². The van der Waals surface area contributed by atoms with Gasteiger partial charge >= 0.3 is 6.18 Å². The Morgan fingerprint density at radius 3 is 2.61 bits per heavy atom. The molecule has 0 radical (unpaired) electrons. The molecule has 0 saturated carbocycles. The number of amides is 2. The smallest absolute Gasteiger partial charge is 0.418 e. The highest BCUT2D eigenvalue weighted by Crippen LogP contribution is 2.39. The van der Waals surface area contributed by atoms with Crippen LogP contribution in [-0.2, 0) is 15.8 Å². The van der Waals surface area contributed by atoms with Crippen LogP contribution >= 0.6 is 0 Å². The van der Waals surface area contributed by atoms with Crippen LogP contribution in [-0.4, -0.2) is 28.7 Å². The maximum atomic E-state index is 13.3. The molecular weight excluding hydrogens is 413 g/mol. The zero-order chi connectivity index (χ0) is 22.2. The van der Waals surface area contributed by atoms with Gasteiger partial charge in [-0.15, -0.1) is 0 Å². The van der Waals surface area contributed by atoms with Gasteiger partial charge < -0.3 is 15.4 Å². The molecule has 0 fully saturated rings. The molecule has 2 N–H and O–H groups in total. The van der Waals surface area contributed by atoms with Gasteiger partial charge in [0.05, 0.1) is 31.0 Å². The molecule has 0 spiro atoms. The first kappa shape index (κ1) is 20.5. The van der Waals surface area contributed by atoms with Gasteiger partial charge in [0.1, 0.15) is 17.6 Å². The third-order valence-corrected chi connectivity index (χ3v) is 4.92. The Morgan fingerprint density at radius 1 is 1.16 bits per heavy atom. The number of hydrogen-bond acceptors (Lipinski definition) is 4.